The van der Waals surface area contributed by atoms with E-state index in [0.717, 1.165) is 34.1 Å². The Balaban J connectivity index is 1.20. The molecule has 0 N–H and O–H groups in total. The van der Waals surface area contributed by atoms with Crippen molar-refractivity contribution in [3.05, 3.63) is 264 Å². The molecule has 0 atom stereocenters. The Bertz CT molecular complexity index is 2880. The van der Waals surface area contributed by atoms with Crippen molar-refractivity contribution in [3.8, 4) is 11.1 Å². The lowest BCUT2D eigenvalue weighted by Gasteiger charge is -2.35. The maximum Gasteiger partial charge on any atom is 0.0714 e. The number of benzene rings is 10. The van der Waals surface area contributed by atoms with Crippen LogP contribution in [0.15, 0.2) is 231 Å². The van der Waals surface area contributed by atoms with E-state index in [1.165, 1.54) is 66.1 Å². The van der Waals surface area contributed by atoms with Crippen molar-refractivity contribution in [3.63, 3.8) is 0 Å². The zero-order chi connectivity index (χ0) is 40.9. The Kier molecular flexibility index (Phi) is 8.86. The molecule has 0 aliphatic heterocycles. The van der Waals surface area contributed by atoms with Crippen LogP contribution in [0.5, 0.6) is 0 Å². The minimum atomic E-state index is -0.625. The van der Waals surface area contributed by atoms with Crippen molar-refractivity contribution < 1.29 is 0 Å². The summed E-state index contributed by atoms with van der Waals surface area (Å²) in [5, 5.41) is 5.17. The molecule has 290 valence electrons. The van der Waals surface area contributed by atoms with E-state index < -0.39 is 5.41 Å². The summed E-state index contributed by atoms with van der Waals surface area (Å²) in [6.45, 7) is 4.56. The van der Waals surface area contributed by atoms with Crippen molar-refractivity contribution in [2.75, 3.05) is 9.80 Å². The highest BCUT2D eigenvalue weighted by Gasteiger charge is 2.48. The van der Waals surface area contributed by atoms with Crippen molar-refractivity contribution in [1.82, 2.24) is 0 Å². The zero-order valence-electron chi connectivity index (χ0n) is 34.3. The van der Waals surface area contributed by atoms with Crippen LogP contribution in [0.3, 0.4) is 0 Å². The second kappa shape index (κ2) is 14.9. The maximum absolute atomic E-state index is 2.49. The molecular formula is C59H44N2. The van der Waals surface area contributed by atoms with Crippen LogP contribution in [0.25, 0.3) is 32.7 Å². The molecule has 1 aliphatic carbocycles. The minimum Gasteiger partial charge on any atom is -0.311 e. The van der Waals surface area contributed by atoms with Gasteiger partial charge in [0, 0.05) is 34.1 Å². The van der Waals surface area contributed by atoms with Gasteiger partial charge in [-0.15, -0.1) is 0 Å². The van der Waals surface area contributed by atoms with E-state index in [4.69, 9.17) is 0 Å². The number of nitrogens with zero attached hydrogens (tertiary/aromatic N) is 2. The molecule has 0 heterocycles. The smallest absolute Gasteiger partial charge is 0.0714 e. The normalized spacial score (nSPS) is 12.6. The molecule has 0 saturated heterocycles. The Morgan fingerprint density at radius 1 is 0.279 bits per heavy atom. The monoisotopic (exact) mass is 780 g/mol. The molecule has 0 spiro atoms. The zero-order valence-corrected chi connectivity index (χ0v) is 34.3. The summed E-state index contributed by atoms with van der Waals surface area (Å²) < 4.78 is 0. The standard InChI is InChI=1S/C59H44N2/c1-41-39-55-57(53-29-17-15-27-51(41)53)58-54-30-18-16-28-52(54)42(2)40-56(58)59(55,43-31-35-49(36-32-43)60(45-19-7-3-8-20-45)46-21-9-4-10-22-46)44-33-37-50(38-34-44)61(47-23-11-5-12-24-47)48-25-13-6-14-26-48/h3-40H,1-2H3. The van der Waals surface area contributed by atoms with E-state index in [0.29, 0.717) is 0 Å². The average Bonchev–Trinajstić information content (AvgIpc) is 3.61. The van der Waals surface area contributed by atoms with Gasteiger partial charge in [0.05, 0.1) is 5.41 Å². The van der Waals surface area contributed by atoms with E-state index in [-0.39, 0.29) is 0 Å². The van der Waals surface area contributed by atoms with Crippen LogP contribution in [0, 0.1) is 13.8 Å². The van der Waals surface area contributed by atoms with Crippen molar-refractivity contribution in [2.24, 2.45) is 0 Å². The minimum absolute atomic E-state index is 0.625. The average molecular weight is 781 g/mol. The number of hydrogen-bond donors (Lipinski definition) is 0. The number of para-hydroxylation sites is 4. The first-order valence-electron chi connectivity index (χ1n) is 21.2. The fraction of sp³-hybridized carbons (Fsp3) is 0.0508. The van der Waals surface area contributed by atoms with Gasteiger partial charge in [-0.2, -0.15) is 0 Å². The molecule has 0 bridgehead atoms. The Labute approximate surface area is 358 Å². The topological polar surface area (TPSA) is 6.48 Å². The molecule has 10 aromatic rings. The first-order chi connectivity index (χ1) is 30.1. The fourth-order valence-corrected chi connectivity index (χ4v) is 10.1. The fourth-order valence-electron chi connectivity index (χ4n) is 10.1. The summed E-state index contributed by atoms with van der Waals surface area (Å²) in [6.07, 6.45) is 0. The molecule has 61 heavy (non-hydrogen) atoms. The first kappa shape index (κ1) is 36.4. The lowest BCUT2D eigenvalue weighted by Crippen LogP contribution is -2.29. The summed E-state index contributed by atoms with van der Waals surface area (Å²) >= 11 is 0. The number of fused-ring (bicyclic) bond motifs is 7. The number of hydrogen-bond acceptors (Lipinski definition) is 2. The molecule has 0 unspecified atom stereocenters. The molecule has 2 heteroatoms. The molecule has 0 saturated carbocycles. The lowest BCUT2D eigenvalue weighted by atomic mass is 9.67. The van der Waals surface area contributed by atoms with E-state index >= 15 is 0 Å². The van der Waals surface area contributed by atoms with E-state index in [1.807, 2.05) is 0 Å². The highest BCUT2D eigenvalue weighted by atomic mass is 15.1. The first-order valence-corrected chi connectivity index (χ1v) is 21.2. The van der Waals surface area contributed by atoms with Gasteiger partial charge in [0.2, 0.25) is 0 Å². The van der Waals surface area contributed by atoms with Gasteiger partial charge in [-0.3, -0.25) is 0 Å². The SMILES string of the molecule is Cc1cc2c(c3ccccc13)-c1c(cc(C)c3ccccc13)C2(c1ccc(N(c2ccccc2)c2ccccc2)cc1)c1ccc(N(c2ccccc2)c2ccccc2)cc1. The Morgan fingerprint density at radius 2 is 0.541 bits per heavy atom. The number of anilines is 6. The summed E-state index contributed by atoms with van der Waals surface area (Å²) in [6, 6.07) is 84.4. The van der Waals surface area contributed by atoms with Crippen LogP contribution >= 0.6 is 0 Å². The highest BCUT2D eigenvalue weighted by molar-refractivity contribution is 6.13. The highest BCUT2D eigenvalue weighted by Crippen LogP contribution is 2.60. The van der Waals surface area contributed by atoms with E-state index in [1.54, 1.807) is 0 Å². The predicted molar refractivity (Wildman–Crippen MR) is 258 cm³/mol. The second-order valence-corrected chi connectivity index (χ2v) is 16.2. The second-order valence-electron chi connectivity index (χ2n) is 16.2. The third-order valence-corrected chi connectivity index (χ3v) is 12.7. The Morgan fingerprint density at radius 3 is 0.852 bits per heavy atom. The third-order valence-electron chi connectivity index (χ3n) is 12.7. The van der Waals surface area contributed by atoms with Crippen LogP contribution in [0.1, 0.15) is 33.4 Å². The van der Waals surface area contributed by atoms with Gasteiger partial charge in [0.25, 0.3) is 0 Å². The van der Waals surface area contributed by atoms with Gasteiger partial charge >= 0.3 is 0 Å². The summed E-state index contributed by atoms with van der Waals surface area (Å²) in [4.78, 5) is 4.69. The van der Waals surface area contributed by atoms with Crippen LogP contribution in [-0.2, 0) is 5.41 Å². The van der Waals surface area contributed by atoms with Gasteiger partial charge in [-0.25, -0.2) is 0 Å². The summed E-state index contributed by atoms with van der Waals surface area (Å²) in [5.41, 5.74) is 16.4. The largest absolute Gasteiger partial charge is 0.311 e. The molecule has 1 aliphatic rings. The van der Waals surface area contributed by atoms with Crippen LogP contribution in [-0.4, -0.2) is 0 Å². The lowest BCUT2D eigenvalue weighted by molar-refractivity contribution is 0.768. The number of rotatable bonds is 8. The maximum atomic E-state index is 2.49. The van der Waals surface area contributed by atoms with E-state index in [9.17, 15) is 0 Å². The molecule has 0 radical (unpaired) electrons. The summed E-state index contributed by atoms with van der Waals surface area (Å²) in [7, 11) is 0. The van der Waals surface area contributed by atoms with Gasteiger partial charge in [0.15, 0.2) is 0 Å². The number of aryl methyl sites for hydroxylation is 2. The van der Waals surface area contributed by atoms with Crippen molar-refractivity contribution in [2.45, 2.75) is 19.3 Å². The molecular weight excluding hydrogens is 737 g/mol. The van der Waals surface area contributed by atoms with Crippen LogP contribution in [0.4, 0.5) is 34.1 Å². The van der Waals surface area contributed by atoms with Gasteiger partial charge in [-0.1, -0.05) is 158 Å². The van der Waals surface area contributed by atoms with Gasteiger partial charge in [-0.05, 0) is 153 Å². The molecule has 11 rings (SSSR count). The quantitative estimate of drug-likeness (QED) is 0.152. The third kappa shape index (κ3) is 5.86. The predicted octanol–water partition coefficient (Wildman–Crippen LogP) is 15.9. The van der Waals surface area contributed by atoms with Crippen molar-refractivity contribution >= 4 is 55.7 Å². The Hall–Kier alpha value is -7.68. The van der Waals surface area contributed by atoms with Crippen molar-refractivity contribution in [1.29, 1.82) is 0 Å². The van der Waals surface area contributed by atoms with Crippen LogP contribution < -0.4 is 9.80 Å². The van der Waals surface area contributed by atoms with Crippen LogP contribution in [0.2, 0.25) is 0 Å². The molecule has 0 fully saturated rings. The molecule has 2 nitrogen and oxygen atoms in total. The molecule has 0 aromatic heterocycles. The van der Waals surface area contributed by atoms with Gasteiger partial charge < -0.3 is 9.80 Å². The van der Waals surface area contributed by atoms with Gasteiger partial charge in [0.1, 0.15) is 0 Å². The molecule has 10 aromatic carbocycles. The van der Waals surface area contributed by atoms with E-state index in [2.05, 4.69) is 254 Å². The molecule has 0 amide bonds. The summed E-state index contributed by atoms with van der Waals surface area (Å²) in [5.74, 6) is 0.